The van der Waals surface area contributed by atoms with E-state index in [1.54, 1.807) is 4.90 Å². The SMILES string of the molecule is CCC(C)N(CC)C(=O)N1CCCC(C(=O)O)C1. The smallest absolute Gasteiger partial charge is 0.320 e. The van der Waals surface area contributed by atoms with Gasteiger partial charge in [0.05, 0.1) is 5.92 Å². The summed E-state index contributed by atoms with van der Waals surface area (Å²) in [6.07, 6.45) is 2.37. The van der Waals surface area contributed by atoms with E-state index in [4.69, 9.17) is 5.11 Å². The summed E-state index contributed by atoms with van der Waals surface area (Å²) in [5.74, 6) is -1.20. The Morgan fingerprint density at radius 2 is 2.11 bits per heavy atom. The van der Waals surface area contributed by atoms with E-state index in [1.165, 1.54) is 0 Å². The third-order valence-electron chi connectivity index (χ3n) is 3.75. The number of hydrogen-bond donors (Lipinski definition) is 1. The molecule has 0 aromatic heterocycles. The minimum Gasteiger partial charge on any atom is -0.481 e. The molecule has 18 heavy (non-hydrogen) atoms. The number of carboxylic acids is 1. The molecule has 5 heteroatoms. The Hall–Kier alpha value is -1.26. The number of piperidine rings is 1. The third kappa shape index (κ3) is 3.37. The first-order valence-corrected chi connectivity index (χ1v) is 6.79. The van der Waals surface area contributed by atoms with Gasteiger partial charge in [0.1, 0.15) is 0 Å². The van der Waals surface area contributed by atoms with Crippen molar-refractivity contribution in [2.24, 2.45) is 5.92 Å². The van der Waals surface area contributed by atoms with Crippen molar-refractivity contribution in [3.05, 3.63) is 0 Å². The van der Waals surface area contributed by atoms with Gasteiger partial charge in [-0.1, -0.05) is 6.92 Å². The molecular formula is C13H24N2O3. The van der Waals surface area contributed by atoms with E-state index in [0.717, 1.165) is 12.8 Å². The average Bonchev–Trinajstić information content (AvgIpc) is 2.39. The Bertz CT molecular complexity index is 307. The summed E-state index contributed by atoms with van der Waals surface area (Å²) >= 11 is 0. The Morgan fingerprint density at radius 1 is 1.44 bits per heavy atom. The second-order valence-corrected chi connectivity index (χ2v) is 4.95. The summed E-state index contributed by atoms with van der Waals surface area (Å²) in [6, 6.07) is 0.186. The van der Waals surface area contributed by atoms with Crippen molar-refractivity contribution in [3.63, 3.8) is 0 Å². The highest BCUT2D eigenvalue weighted by Gasteiger charge is 2.31. The molecule has 1 fully saturated rings. The van der Waals surface area contributed by atoms with Crippen LogP contribution in [0.4, 0.5) is 4.79 Å². The molecule has 1 saturated heterocycles. The van der Waals surface area contributed by atoms with Crippen LogP contribution < -0.4 is 0 Å². The molecule has 0 aromatic rings. The Morgan fingerprint density at radius 3 is 2.61 bits per heavy atom. The molecule has 0 saturated carbocycles. The number of carboxylic acid groups (broad SMARTS) is 1. The molecule has 1 rings (SSSR count). The Kier molecular flexibility index (Phi) is 5.44. The van der Waals surface area contributed by atoms with Crippen LogP contribution in [0.3, 0.4) is 0 Å². The van der Waals surface area contributed by atoms with Crippen LogP contribution in [-0.4, -0.2) is 52.6 Å². The van der Waals surface area contributed by atoms with Gasteiger partial charge in [-0.25, -0.2) is 4.79 Å². The molecule has 1 aliphatic rings. The summed E-state index contributed by atoms with van der Waals surface area (Å²) in [7, 11) is 0. The zero-order valence-electron chi connectivity index (χ0n) is 11.6. The van der Waals surface area contributed by atoms with Gasteiger partial charge in [0.2, 0.25) is 0 Å². The van der Waals surface area contributed by atoms with Gasteiger partial charge in [0.25, 0.3) is 0 Å². The highest BCUT2D eigenvalue weighted by molar-refractivity contribution is 5.77. The number of nitrogens with zero attached hydrogens (tertiary/aromatic N) is 2. The van der Waals surface area contributed by atoms with Crippen LogP contribution >= 0.6 is 0 Å². The minimum absolute atomic E-state index is 0.0159. The van der Waals surface area contributed by atoms with Crippen LogP contribution in [0.15, 0.2) is 0 Å². The maximum atomic E-state index is 12.4. The van der Waals surface area contributed by atoms with E-state index < -0.39 is 11.9 Å². The molecule has 0 radical (unpaired) electrons. The first kappa shape index (κ1) is 14.8. The average molecular weight is 256 g/mol. The highest BCUT2D eigenvalue weighted by atomic mass is 16.4. The molecule has 0 bridgehead atoms. The van der Waals surface area contributed by atoms with E-state index in [-0.39, 0.29) is 12.1 Å². The molecule has 1 heterocycles. The molecule has 2 atom stereocenters. The summed E-state index contributed by atoms with van der Waals surface area (Å²) in [4.78, 5) is 26.9. The van der Waals surface area contributed by atoms with Gasteiger partial charge in [0.15, 0.2) is 0 Å². The van der Waals surface area contributed by atoms with Crippen LogP contribution in [0.1, 0.15) is 40.0 Å². The molecular weight excluding hydrogens is 232 g/mol. The number of urea groups is 1. The number of rotatable bonds is 4. The molecule has 0 aliphatic carbocycles. The zero-order chi connectivity index (χ0) is 13.7. The van der Waals surface area contributed by atoms with Crippen molar-refractivity contribution in [2.45, 2.75) is 46.1 Å². The molecule has 2 unspecified atom stereocenters. The lowest BCUT2D eigenvalue weighted by atomic mass is 9.98. The maximum Gasteiger partial charge on any atom is 0.320 e. The normalized spacial score (nSPS) is 21.5. The molecule has 0 spiro atoms. The first-order valence-electron chi connectivity index (χ1n) is 6.79. The van der Waals surface area contributed by atoms with Crippen molar-refractivity contribution in [1.82, 2.24) is 9.80 Å². The lowest BCUT2D eigenvalue weighted by Crippen LogP contribution is -2.51. The van der Waals surface area contributed by atoms with Gasteiger partial charge in [-0.2, -0.15) is 0 Å². The van der Waals surface area contributed by atoms with Crippen LogP contribution in [-0.2, 0) is 4.79 Å². The lowest BCUT2D eigenvalue weighted by Gasteiger charge is -2.37. The fraction of sp³-hybridized carbons (Fsp3) is 0.846. The molecule has 0 aromatic carbocycles. The van der Waals surface area contributed by atoms with Crippen LogP contribution in [0, 0.1) is 5.92 Å². The topological polar surface area (TPSA) is 60.9 Å². The van der Waals surface area contributed by atoms with Crippen molar-refractivity contribution in [3.8, 4) is 0 Å². The Labute approximate surface area is 109 Å². The van der Waals surface area contributed by atoms with Crippen LogP contribution in [0.25, 0.3) is 0 Å². The zero-order valence-corrected chi connectivity index (χ0v) is 11.6. The van der Waals surface area contributed by atoms with Crippen LogP contribution in [0.5, 0.6) is 0 Å². The predicted octanol–water partition coefficient (Wildman–Crippen LogP) is 2.02. The number of aliphatic carboxylic acids is 1. The standard InChI is InChI=1S/C13H24N2O3/c1-4-10(3)15(5-2)13(18)14-8-6-7-11(9-14)12(16)17/h10-11H,4-9H2,1-3H3,(H,16,17). The summed E-state index contributed by atoms with van der Waals surface area (Å²) in [5, 5.41) is 9.04. The molecule has 2 amide bonds. The fourth-order valence-electron chi connectivity index (χ4n) is 2.39. The monoisotopic (exact) mass is 256 g/mol. The summed E-state index contributed by atoms with van der Waals surface area (Å²) in [5.41, 5.74) is 0. The largest absolute Gasteiger partial charge is 0.481 e. The Balaban J connectivity index is 2.67. The molecule has 5 nitrogen and oxygen atoms in total. The number of carbonyl (C=O) groups excluding carboxylic acids is 1. The number of hydrogen-bond acceptors (Lipinski definition) is 2. The summed E-state index contributed by atoms with van der Waals surface area (Å²) in [6.45, 7) is 7.73. The molecule has 1 aliphatic heterocycles. The van der Waals surface area contributed by atoms with E-state index in [1.807, 2.05) is 18.7 Å². The van der Waals surface area contributed by atoms with Crippen LogP contribution in [0.2, 0.25) is 0 Å². The van der Waals surface area contributed by atoms with Crippen molar-refractivity contribution in [1.29, 1.82) is 0 Å². The fourth-order valence-corrected chi connectivity index (χ4v) is 2.39. The van der Waals surface area contributed by atoms with Crippen molar-refractivity contribution in [2.75, 3.05) is 19.6 Å². The van der Waals surface area contributed by atoms with Crippen molar-refractivity contribution < 1.29 is 14.7 Å². The van der Waals surface area contributed by atoms with Gasteiger partial charge in [-0.05, 0) is 33.1 Å². The van der Waals surface area contributed by atoms with E-state index in [9.17, 15) is 9.59 Å². The van der Waals surface area contributed by atoms with E-state index in [2.05, 4.69) is 6.92 Å². The number of amides is 2. The van der Waals surface area contributed by atoms with Gasteiger partial charge in [-0.15, -0.1) is 0 Å². The first-order chi connectivity index (χ1) is 8.51. The van der Waals surface area contributed by atoms with Gasteiger partial charge in [0, 0.05) is 25.7 Å². The van der Waals surface area contributed by atoms with Gasteiger partial charge >= 0.3 is 12.0 Å². The maximum absolute atomic E-state index is 12.4. The second kappa shape index (κ2) is 6.61. The predicted molar refractivity (Wildman–Crippen MR) is 69.5 cm³/mol. The minimum atomic E-state index is -0.793. The van der Waals surface area contributed by atoms with E-state index in [0.29, 0.717) is 26.1 Å². The summed E-state index contributed by atoms with van der Waals surface area (Å²) < 4.78 is 0. The molecule has 104 valence electrons. The molecule has 1 N–H and O–H groups in total. The quantitative estimate of drug-likeness (QED) is 0.837. The highest BCUT2D eigenvalue weighted by Crippen LogP contribution is 2.19. The van der Waals surface area contributed by atoms with E-state index >= 15 is 0 Å². The van der Waals surface area contributed by atoms with Gasteiger partial charge in [-0.3, -0.25) is 4.79 Å². The van der Waals surface area contributed by atoms with Crippen molar-refractivity contribution >= 4 is 12.0 Å². The number of likely N-dealkylation sites (tertiary alicyclic amines) is 1. The second-order valence-electron chi connectivity index (χ2n) is 4.95. The third-order valence-corrected chi connectivity index (χ3v) is 3.75. The number of carbonyl (C=O) groups is 2. The van der Waals surface area contributed by atoms with Gasteiger partial charge < -0.3 is 14.9 Å². The lowest BCUT2D eigenvalue weighted by molar-refractivity contribution is -0.143.